The van der Waals surface area contributed by atoms with Crippen LogP contribution in [0.25, 0.3) is 0 Å². The van der Waals surface area contributed by atoms with Crippen molar-refractivity contribution < 1.29 is 22.6 Å². The van der Waals surface area contributed by atoms with E-state index in [2.05, 4.69) is 40.4 Å². The number of hydrogen-bond acceptors (Lipinski definition) is 8. The molecule has 0 unspecified atom stereocenters. The number of benzene rings is 1. The number of rotatable bonds is 7. The number of hydrogen-bond donors (Lipinski definition) is 5. The molecule has 28 heavy (non-hydrogen) atoms. The van der Waals surface area contributed by atoms with Crippen LogP contribution >= 0.6 is 0 Å². The van der Waals surface area contributed by atoms with Gasteiger partial charge in [-0.2, -0.15) is 0 Å². The minimum absolute atomic E-state index is 0.0715. The average molecular weight is 412 g/mol. The Morgan fingerprint density at radius 1 is 1.39 bits per heavy atom. The minimum atomic E-state index is -3.59. The molecule has 12 nitrogen and oxygen atoms in total. The van der Waals surface area contributed by atoms with Crippen LogP contribution in [0.1, 0.15) is 5.69 Å². The van der Waals surface area contributed by atoms with Crippen LogP contribution in [0.2, 0.25) is 0 Å². The highest BCUT2D eigenvalue weighted by atomic mass is 32.2. The first kappa shape index (κ1) is 21.0. The van der Waals surface area contributed by atoms with Crippen molar-refractivity contribution >= 4 is 46.6 Å². The molecule has 1 aromatic heterocycles. The van der Waals surface area contributed by atoms with Crippen LogP contribution < -0.4 is 27.1 Å². The Morgan fingerprint density at radius 2 is 2.14 bits per heavy atom. The fourth-order valence-corrected chi connectivity index (χ4v) is 2.45. The lowest BCUT2D eigenvalue weighted by Gasteiger charge is -2.09. The van der Waals surface area contributed by atoms with E-state index in [-0.39, 0.29) is 42.2 Å². The maximum absolute atomic E-state index is 13.4. The Morgan fingerprint density at radius 3 is 2.79 bits per heavy atom. The first-order valence-electron chi connectivity index (χ1n) is 7.81. The summed E-state index contributed by atoms with van der Waals surface area (Å²) in [5, 5.41) is 27.9. The fourth-order valence-electron chi connectivity index (χ4n) is 2.03. The number of oxime groups is 1. The third-order valence-electron chi connectivity index (χ3n) is 3.22. The monoisotopic (exact) mass is 412 g/mol. The summed E-state index contributed by atoms with van der Waals surface area (Å²) in [6.07, 6.45) is 0.915. The normalized spacial score (nSPS) is 12.6. The van der Waals surface area contributed by atoms with E-state index in [1.54, 1.807) is 7.85 Å². The van der Waals surface area contributed by atoms with Gasteiger partial charge in [-0.15, -0.1) is 4.40 Å². The standard InChI is InChI=1S/C13H18BFN8O4S/c1-28(25,26)23-13(16)18-5-4-17-11-10(21-27-22-11)12(20-24)19-7-2-3-9(15)8(14)6-7/h2-3,6,24H,4-5,14H2,1H3,(H,17,22)(H,19,20)(H3,16,18,23). The molecule has 0 aliphatic heterocycles. The Balaban J connectivity index is 1.99. The molecule has 0 amide bonds. The summed E-state index contributed by atoms with van der Waals surface area (Å²) in [7, 11) is -2.00. The number of nitrogens with zero attached hydrogens (tertiary/aromatic N) is 4. The van der Waals surface area contributed by atoms with Crippen molar-refractivity contribution in [3.63, 3.8) is 0 Å². The lowest BCUT2D eigenvalue weighted by atomic mass is 9.95. The highest BCUT2D eigenvalue weighted by molar-refractivity contribution is 7.89. The molecule has 0 spiro atoms. The van der Waals surface area contributed by atoms with Gasteiger partial charge in [-0.05, 0) is 28.5 Å². The lowest BCUT2D eigenvalue weighted by Crippen LogP contribution is -2.35. The number of halogens is 1. The predicted octanol–water partition coefficient (Wildman–Crippen LogP) is -2.01. The highest BCUT2D eigenvalue weighted by Gasteiger charge is 2.17. The van der Waals surface area contributed by atoms with Gasteiger partial charge in [0.2, 0.25) is 17.6 Å². The number of sulfonamides is 1. The van der Waals surface area contributed by atoms with Crippen molar-refractivity contribution in [3.8, 4) is 0 Å². The van der Waals surface area contributed by atoms with Crippen molar-refractivity contribution in [1.29, 1.82) is 0 Å². The topological polar surface area (TPSA) is 180 Å². The summed E-state index contributed by atoms with van der Waals surface area (Å²) in [6.45, 7) is 0.433. The van der Waals surface area contributed by atoms with E-state index in [1.807, 2.05) is 0 Å². The maximum atomic E-state index is 13.4. The van der Waals surface area contributed by atoms with E-state index in [9.17, 15) is 18.0 Å². The molecule has 0 saturated heterocycles. The molecule has 15 heteroatoms. The molecule has 0 aliphatic carbocycles. The molecule has 1 aromatic carbocycles. The summed E-state index contributed by atoms with van der Waals surface area (Å²) in [5.74, 6) is -0.557. The predicted molar refractivity (Wildman–Crippen MR) is 104 cm³/mol. The van der Waals surface area contributed by atoms with Crippen LogP contribution in [0.5, 0.6) is 0 Å². The summed E-state index contributed by atoms with van der Waals surface area (Å²) >= 11 is 0. The van der Waals surface area contributed by atoms with E-state index in [0.717, 1.165) is 6.26 Å². The van der Waals surface area contributed by atoms with Crippen LogP contribution in [0, 0.1) is 5.82 Å². The molecule has 0 radical (unpaired) electrons. The van der Waals surface area contributed by atoms with Gasteiger partial charge < -0.3 is 26.9 Å². The first-order valence-corrected chi connectivity index (χ1v) is 9.65. The van der Waals surface area contributed by atoms with E-state index in [1.165, 1.54) is 18.2 Å². The quantitative estimate of drug-likeness (QED) is 0.0852. The second-order valence-electron chi connectivity index (χ2n) is 5.56. The zero-order valence-electron chi connectivity index (χ0n) is 15.0. The summed E-state index contributed by atoms with van der Waals surface area (Å²) < 4.78 is 43.2. The molecule has 0 fully saturated rings. The summed E-state index contributed by atoms with van der Waals surface area (Å²) in [5.41, 5.74) is 6.36. The molecule has 2 rings (SSSR count). The van der Waals surface area contributed by atoms with Gasteiger partial charge in [-0.3, -0.25) is 0 Å². The zero-order chi connectivity index (χ0) is 20.7. The van der Waals surface area contributed by atoms with Crippen LogP contribution in [0.4, 0.5) is 15.9 Å². The maximum Gasteiger partial charge on any atom is 0.253 e. The molecule has 0 saturated carbocycles. The number of anilines is 2. The van der Waals surface area contributed by atoms with Gasteiger partial charge in [0, 0.05) is 18.8 Å². The largest absolute Gasteiger partial charge is 0.409 e. The molecule has 6 N–H and O–H groups in total. The molecule has 2 aromatic rings. The summed E-state index contributed by atoms with van der Waals surface area (Å²) in [6, 6.07) is 4.25. The molecular formula is C13H18BFN8O4S. The second kappa shape index (κ2) is 9.03. The average Bonchev–Trinajstić information content (AvgIpc) is 3.06. The van der Waals surface area contributed by atoms with Gasteiger partial charge in [-0.1, -0.05) is 10.6 Å². The van der Waals surface area contributed by atoms with Crippen molar-refractivity contribution in [2.24, 2.45) is 15.3 Å². The molecular weight excluding hydrogens is 394 g/mol. The van der Waals surface area contributed by atoms with E-state index in [0.29, 0.717) is 11.2 Å². The van der Waals surface area contributed by atoms with E-state index >= 15 is 0 Å². The zero-order valence-corrected chi connectivity index (χ0v) is 15.8. The fraction of sp³-hybridized carbons (Fsp3) is 0.231. The lowest BCUT2D eigenvalue weighted by molar-refractivity contribution is 0.305. The first-order chi connectivity index (χ1) is 13.2. The van der Waals surface area contributed by atoms with E-state index in [4.69, 9.17) is 5.73 Å². The smallest absolute Gasteiger partial charge is 0.253 e. The van der Waals surface area contributed by atoms with Gasteiger partial charge in [-0.25, -0.2) is 17.4 Å². The molecule has 0 aliphatic rings. The number of nitrogens with one attached hydrogen (secondary N) is 3. The van der Waals surface area contributed by atoms with Crippen LogP contribution in [-0.4, -0.2) is 62.9 Å². The Bertz CT molecular complexity index is 994. The molecule has 1 heterocycles. The van der Waals surface area contributed by atoms with Gasteiger partial charge in [0.05, 0.1) is 6.26 Å². The van der Waals surface area contributed by atoms with Crippen molar-refractivity contribution in [2.75, 3.05) is 30.0 Å². The number of nitrogens with two attached hydrogens (primary N) is 1. The highest BCUT2D eigenvalue weighted by Crippen LogP contribution is 2.14. The summed E-state index contributed by atoms with van der Waals surface area (Å²) in [4.78, 5) is 0. The van der Waals surface area contributed by atoms with Crippen molar-refractivity contribution in [3.05, 3.63) is 29.7 Å². The minimum Gasteiger partial charge on any atom is -0.409 e. The molecule has 0 atom stereocenters. The molecule has 150 valence electrons. The third-order valence-corrected chi connectivity index (χ3v) is 3.75. The number of amidine groups is 1. The Labute approximate surface area is 160 Å². The van der Waals surface area contributed by atoms with Gasteiger partial charge >= 0.3 is 0 Å². The van der Waals surface area contributed by atoms with Crippen LogP contribution in [0.15, 0.2) is 32.4 Å². The molecule has 0 bridgehead atoms. The van der Waals surface area contributed by atoms with Gasteiger partial charge in [0.15, 0.2) is 5.69 Å². The van der Waals surface area contributed by atoms with Gasteiger partial charge in [0.25, 0.3) is 10.0 Å². The Kier molecular flexibility index (Phi) is 6.76. The van der Waals surface area contributed by atoms with Crippen LogP contribution in [-0.2, 0) is 10.0 Å². The second-order valence-corrected chi connectivity index (χ2v) is 7.21. The van der Waals surface area contributed by atoms with Gasteiger partial charge in [0.1, 0.15) is 13.7 Å². The SMILES string of the molecule is Bc1cc(N/C(=N\O)c2nonc2NCCN/C(N)=N/S(C)(=O)=O)ccc1F. The van der Waals surface area contributed by atoms with E-state index < -0.39 is 10.0 Å². The Hall–Kier alpha value is -3.36. The number of guanidine groups is 1. The number of aromatic nitrogens is 2. The third kappa shape index (κ3) is 6.12. The van der Waals surface area contributed by atoms with Crippen molar-refractivity contribution in [1.82, 2.24) is 15.6 Å². The van der Waals surface area contributed by atoms with Crippen LogP contribution in [0.3, 0.4) is 0 Å². The van der Waals surface area contributed by atoms with Crippen molar-refractivity contribution in [2.45, 2.75) is 0 Å².